The Labute approximate surface area is 91.4 Å². The summed E-state index contributed by atoms with van der Waals surface area (Å²) in [5.41, 5.74) is -0.108. The highest BCUT2D eigenvalue weighted by molar-refractivity contribution is 5.76. The Kier molecular flexibility index (Phi) is 4.54. The van der Waals surface area contributed by atoms with Gasteiger partial charge in [-0.25, -0.2) is 0 Å². The summed E-state index contributed by atoms with van der Waals surface area (Å²) in [4.78, 5) is 11.3. The van der Waals surface area contributed by atoms with Gasteiger partial charge in [0.1, 0.15) is 0 Å². The van der Waals surface area contributed by atoms with Crippen molar-refractivity contribution >= 4 is 5.91 Å². The van der Waals surface area contributed by atoms with E-state index in [1.807, 2.05) is 13.8 Å². The van der Waals surface area contributed by atoms with Gasteiger partial charge in [0.15, 0.2) is 0 Å². The minimum absolute atomic E-state index is 0.108. The number of carbonyl (C=O) groups excluding carboxylic acids is 1. The van der Waals surface area contributed by atoms with Crippen LogP contribution in [0.25, 0.3) is 0 Å². The second-order valence-electron chi connectivity index (χ2n) is 5.10. The van der Waals surface area contributed by atoms with E-state index >= 15 is 0 Å². The van der Waals surface area contributed by atoms with Crippen LogP contribution in [-0.4, -0.2) is 36.8 Å². The average molecular weight is 214 g/mol. The van der Waals surface area contributed by atoms with Crippen molar-refractivity contribution in [3.8, 4) is 0 Å². The van der Waals surface area contributed by atoms with E-state index in [1.54, 1.807) is 0 Å². The molecule has 4 nitrogen and oxygen atoms in total. The monoisotopic (exact) mass is 214 g/mol. The fourth-order valence-electron chi connectivity index (χ4n) is 1.63. The molecule has 0 bridgehead atoms. The molecule has 3 N–H and O–H groups in total. The maximum absolute atomic E-state index is 11.3. The van der Waals surface area contributed by atoms with Crippen molar-refractivity contribution in [3.63, 3.8) is 0 Å². The van der Waals surface area contributed by atoms with Crippen LogP contribution in [0.3, 0.4) is 0 Å². The summed E-state index contributed by atoms with van der Waals surface area (Å²) in [5.74, 6) is 0.131. The van der Waals surface area contributed by atoms with Crippen LogP contribution in [0.5, 0.6) is 0 Å². The van der Waals surface area contributed by atoms with Crippen molar-refractivity contribution in [2.45, 2.75) is 39.2 Å². The Hall–Kier alpha value is -0.610. The van der Waals surface area contributed by atoms with Crippen LogP contribution in [0.2, 0.25) is 0 Å². The van der Waals surface area contributed by atoms with Gasteiger partial charge in [0.2, 0.25) is 5.91 Å². The van der Waals surface area contributed by atoms with Gasteiger partial charge < -0.3 is 15.7 Å². The first-order chi connectivity index (χ1) is 7.03. The van der Waals surface area contributed by atoms with Crippen molar-refractivity contribution in [2.24, 2.45) is 5.41 Å². The number of hydrogen-bond acceptors (Lipinski definition) is 3. The van der Waals surface area contributed by atoms with Crippen LogP contribution in [0, 0.1) is 5.41 Å². The average Bonchev–Trinajstić information content (AvgIpc) is 2.40. The Morgan fingerprint density at radius 2 is 2.33 bits per heavy atom. The molecule has 1 amide bonds. The van der Waals surface area contributed by atoms with Crippen molar-refractivity contribution in [2.75, 3.05) is 19.7 Å². The van der Waals surface area contributed by atoms with Crippen LogP contribution < -0.4 is 10.6 Å². The zero-order valence-corrected chi connectivity index (χ0v) is 9.68. The Morgan fingerprint density at radius 3 is 3.00 bits per heavy atom. The molecule has 1 aliphatic rings. The number of aliphatic hydroxyl groups is 1. The van der Waals surface area contributed by atoms with E-state index in [0.717, 1.165) is 25.9 Å². The SMILES string of the molecule is CC(C)(CO)CNC1CCCNC(=O)C1. The van der Waals surface area contributed by atoms with Gasteiger partial charge in [-0.05, 0) is 12.8 Å². The highest BCUT2D eigenvalue weighted by atomic mass is 16.3. The third-order valence-electron chi connectivity index (χ3n) is 2.78. The lowest BCUT2D eigenvalue weighted by Crippen LogP contribution is -2.40. The van der Waals surface area contributed by atoms with E-state index in [2.05, 4.69) is 10.6 Å². The van der Waals surface area contributed by atoms with Gasteiger partial charge in [0.25, 0.3) is 0 Å². The molecule has 1 fully saturated rings. The summed E-state index contributed by atoms with van der Waals surface area (Å²) < 4.78 is 0. The number of carbonyl (C=O) groups is 1. The molecule has 0 spiro atoms. The van der Waals surface area contributed by atoms with Gasteiger partial charge in [0.05, 0.1) is 0 Å². The van der Waals surface area contributed by atoms with Crippen molar-refractivity contribution in [1.82, 2.24) is 10.6 Å². The van der Waals surface area contributed by atoms with Gasteiger partial charge >= 0.3 is 0 Å². The largest absolute Gasteiger partial charge is 0.396 e. The number of nitrogens with one attached hydrogen (secondary N) is 2. The molecule has 1 aliphatic heterocycles. The number of hydrogen-bond donors (Lipinski definition) is 3. The third kappa shape index (κ3) is 4.62. The number of amides is 1. The van der Waals surface area contributed by atoms with Gasteiger partial charge in [-0.1, -0.05) is 13.8 Å². The Morgan fingerprint density at radius 1 is 1.60 bits per heavy atom. The van der Waals surface area contributed by atoms with E-state index in [0.29, 0.717) is 6.42 Å². The van der Waals surface area contributed by atoms with Gasteiger partial charge in [0, 0.05) is 37.6 Å². The molecule has 0 aliphatic carbocycles. The molecule has 1 rings (SSSR count). The van der Waals surface area contributed by atoms with Crippen molar-refractivity contribution < 1.29 is 9.90 Å². The van der Waals surface area contributed by atoms with Gasteiger partial charge in [-0.15, -0.1) is 0 Å². The minimum Gasteiger partial charge on any atom is -0.396 e. The number of rotatable bonds is 4. The molecule has 0 aromatic carbocycles. The topological polar surface area (TPSA) is 61.4 Å². The molecule has 4 heteroatoms. The molecule has 88 valence electrons. The first-order valence-electron chi connectivity index (χ1n) is 5.64. The van der Waals surface area contributed by atoms with Gasteiger partial charge in [-0.2, -0.15) is 0 Å². The van der Waals surface area contributed by atoms with Crippen LogP contribution in [0.15, 0.2) is 0 Å². The molecular formula is C11H22N2O2. The summed E-state index contributed by atoms with van der Waals surface area (Å²) in [7, 11) is 0. The molecule has 0 saturated carbocycles. The van der Waals surface area contributed by atoms with E-state index in [9.17, 15) is 4.79 Å². The summed E-state index contributed by atoms with van der Waals surface area (Å²) in [6.45, 7) is 5.73. The molecule has 15 heavy (non-hydrogen) atoms. The first kappa shape index (κ1) is 12.5. The van der Waals surface area contributed by atoms with E-state index in [-0.39, 0.29) is 24.0 Å². The first-order valence-corrected chi connectivity index (χ1v) is 5.64. The second-order valence-corrected chi connectivity index (χ2v) is 5.10. The van der Waals surface area contributed by atoms with E-state index in [4.69, 9.17) is 5.11 Å². The van der Waals surface area contributed by atoms with E-state index in [1.165, 1.54) is 0 Å². The van der Waals surface area contributed by atoms with Crippen LogP contribution in [0.1, 0.15) is 33.1 Å². The fourth-order valence-corrected chi connectivity index (χ4v) is 1.63. The van der Waals surface area contributed by atoms with Crippen LogP contribution in [-0.2, 0) is 4.79 Å². The third-order valence-corrected chi connectivity index (χ3v) is 2.78. The Bertz CT molecular complexity index is 217. The van der Waals surface area contributed by atoms with Crippen LogP contribution >= 0.6 is 0 Å². The molecule has 1 unspecified atom stereocenters. The summed E-state index contributed by atoms with van der Waals surface area (Å²) in [5, 5.41) is 15.3. The Balaban J connectivity index is 2.33. The number of aliphatic hydroxyl groups excluding tert-OH is 1. The molecule has 0 aromatic heterocycles. The molecule has 1 saturated heterocycles. The van der Waals surface area contributed by atoms with Crippen molar-refractivity contribution in [3.05, 3.63) is 0 Å². The molecule has 1 atom stereocenters. The highest BCUT2D eigenvalue weighted by Crippen LogP contribution is 2.13. The lowest BCUT2D eigenvalue weighted by atomic mass is 9.94. The zero-order valence-electron chi connectivity index (χ0n) is 9.68. The summed E-state index contributed by atoms with van der Waals surface area (Å²) >= 11 is 0. The predicted octanol–water partition coefficient (Wildman–Crippen LogP) is 0.263. The minimum atomic E-state index is -0.108. The lowest BCUT2D eigenvalue weighted by molar-refractivity contribution is -0.121. The smallest absolute Gasteiger partial charge is 0.221 e. The standard InChI is InChI=1S/C11H22N2O2/c1-11(2,8-14)7-13-9-4-3-5-12-10(15)6-9/h9,13-14H,3-8H2,1-2H3,(H,12,15). The highest BCUT2D eigenvalue weighted by Gasteiger charge is 2.21. The van der Waals surface area contributed by atoms with Gasteiger partial charge in [-0.3, -0.25) is 4.79 Å². The van der Waals surface area contributed by atoms with Crippen molar-refractivity contribution in [1.29, 1.82) is 0 Å². The normalized spacial score (nSPS) is 23.4. The molecular weight excluding hydrogens is 192 g/mol. The summed E-state index contributed by atoms with van der Waals surface area (Å²) in [6.07, 6.45) is 2.62. The second kappa shape index (κ2) is 5.47. The predicted molar refractivity (Wildman–Crippen MR) is 59.5 cm³/mol. The molecule has 1 heterocycles. The molecule has 0 radical (unpaired) electrons. The quantitative estimate of drug-likeness (QED) is 0.629. The van der Waals surface area contributed by atoms with Crippen LogP contribution in [0.4, 0.5) is 0 Å². The maximum Gasteiger partial charge on any atom is 0.221 e. The maximum atomic E-state index is 11.3. The fraction of sp³-hybridized carbons (Fsp3) is 0.909. The lowest BCUT2D eigenvalue weighted by Gasteiger charge is -2.25. The van der Waals surface area contributed by atoms with E-state index < -0.39 is 0 Å². The molecule has 0 aromatic rings. The summed E-state index contributed by atoms with van der Waals surface area (Å²) in [6, 6.07) is 0.262. The zero-order chi connectivity index (χ0) is 11.3.